The summed E-state index contributed by atoms with van der Waals surface area (Å²) in [4.78, 5) is 11.2. The lowest BCUT2D eigenvalue weighted by molar-refractivity contribution is 0.146. The quantitative estimate of drug-likeness (QED) is 0.786. The van der Waals surface area contributed by atoms with Crippen molar-refractivity contribution in [2.75, 3.05) is 12.3 Å². The van der Waals surface area contributed by atoms with Crippen molar-refractivity contribution >= 4 is 16.1 Å². The molecule has 0 radical (unpaired) electrons. The lowest BCUT2D eigenvalue weighted by Crippen LogP contribution is -2.35. The Bertz CT molecular complexity index is 458. The van der Waals surface area contributed by atoms with Crippen molar-refractivity contribution in [1.29, 1.82) is 0 Å². The monoisotopic (exact) mass is 258 g/mol. The Labute approximate surface area is 99.8 Å². The van der Waals surface area contributed by atoms with E-state index in [1.807, 2.05) is 6.07 Å². The molecule has 0 atom stereocenters. The smallest absolute Gasteiger partial charge is 0.421 e. The van der Waals surface area contributed by atoms with Crippen molar-refractivity contribution in [2.45, 2.75) is 6.61 Å². The SMILES string of the molecule is NCCS(=O)(=O)NC(=O)OCc1ccccc1. The predicted octanol–water partition coefficient (Wildman–Crippen LogP) is 0.201. The van der Waals surface area contributed by atoms with Crippen molar-refractivity contribution < 1.29 is 17.9 Å². The van der Waals surface area contributed by atoms with Gasteiger partial charge in [0.1, 0.15) is 6.61 Å². The maximum Gasteiger partial charge on any atom is 0.421 e. The molecule has 0 aliphatic heterocycles. The average Bonchev–Trinajstić information content (AvgIpc) is 2.27. The van der Waals surface area contributed by atoms with Crippen LogP contribution in [0.5, 0.6) is 0 Å². The van der Waals surface area contributed by atoms with Gasteiger partial charge in [-0.3, -0.25) is 0 Å². The van der Waals surface area contributed by atoms with Gasteiger partial charge in [0.15, 0.2) is 0 Å². The van der Waals surface area contributed by atoms with Crippen LogP contribution in [0.1, 0.15) is 5.56 Å². The minimum absolute atomic E-state index is 0.0187. The fourth-order valence-electron chi connectivity index (χ4n) is 1.09. The van der Waals surface area contributed by atoms with Crippen molar-refractivity contribution in [3.63, 3.8) is 0 Å². The van der Waals surface area contributed by atoms with Gasteiger partial charge >= 0.3 is 6.09 Å². The first-order chi connectivity index (χ1) is 8.03. The summed E-state index contributed by atoms with van der Waals surface area (Å²) >= 11 is 0. The summed E-state index contributed by atoms with van der Waals surface area (Å²) in [5.41, 5.74) is 5.86. The zero-order valence-electron chi connectivity index (χ0n) is 9.13. The topological polar surface area (TPSA) is 98.5 Å². The maximum absolute atomic E-state index is 11.2. The highest BCUT2D eigenvalue weighted by molar-refractivity contribution is 7.90. The number of carbonyl (C=O) groups excluding carboxylic acids is 1. The zero-order valence-corrected chi connectivity index (χ0v) is 9.94. The number of hydrogen-bond acceptors (Lipinski definition) is 5. The summed E-state index contributed by atoms with van der Waals surface area (Å²) in [5.74, 6) is -0.312. The highest BCUT2D eigenvalue weighted by Crippen LogP contribution is 2.00. The van der Waals surface area contributed by atoms with Gasteiger partial charge in [0.2, 0.25) is 10.0 Å². The highest BCUT2D eigenvalue weighted by Gasteiger charge is 2.14. The Balaban J connectivity index is 2.41. The number of benzene rings is 1. The molecule has 1 aromatic carbocycles. The van der Waals surface area contributed by atoms with Crippen LogP contribution in [0.15, 0.2) is 30.3 Å². The van der Waals surface area contributed by atoms with E-state index in [1.54, 1.807) is 29.0 Å². The van der Waals surface area contributed by atoms with E-state index in [0.29, 0.717) is 0 Å². The molecule has 0 saturated carbocycles. The number of carbonyl (C=O) groups is 1. The standard InChI is InChI=1S/C10H14N2O4S/c11-6-7-17(14,15)12-10(13)16-8-9-4-2-1-3-5-9/h1-5H,6-8,11H2,(H,12,13). The van der Waals surface area contributed by atoms with Crippen LogP contribution in [0, 0.1) is 0 Å². The van der Waals surface area contributed by atoms with E-state index in [0.717, 1.165) is 5.56 Å². The van der Waals surface area contributed by atoms with E-state index in [-0.39, 0.29) is 18.9 Å². The van der Waals surface area contributed by atoms with Crippen molar-refractivity contribution in [3.8, 4) is 0 Å². The van der Waals surface area contributed by atoms with Gasteiger partial charge in [-0.25, -0.2) is 17.9 Å². The third-order valence-electron chi connectivity index (χ3n) is 1.84. The van der Waals surface area contributed by atoms with Crippen LogP contribution >= 0.6 is 0 Å². The van der Waals surface area contributed by atoms with E-state index >= 15 is 0 Å². The first-order valence-corrected chi connectivity index (χ1v) is 6.60. The van der Waals surface area contributed by atoms with Gasteiger partial charge in [0.25, 0.3) is 0 Å². The van der Waals surface area contributed by atoms with Crippen LogP contribution in [0.3, 0.4) is 0 Å². The molecular weight excluding hydrogens is 244 g/mol. The van der Waals surface area contributed by atoms with E-state index in [9.17, 15) is 13.2 Å². The number of rotatable bonds is 5. The Hall–Kier alpha value is -1.60. The van der Waals surface area contributed by atoms with Crippen molar-refractivity contribution in [1.82, 2.24) is 4.72 Å². The summed E-state index contributed by atoms with van der Waals surface area (Å²) < 4.78 is 28.8. The maximum atomic E-state index is 11.2. The van der Waals surface area contributed by atoms with E-state index < -0.39 is 16.1 Å². The summed E-state index contributed by atoms with van der Waals surface area (Å²) in [6.45, 7) is -0.0356. The van der Waals surface area contributed by atoms with Crippen LogP contribution in [0.2, 0.25) is 0 Å². The third-order valence-corrected chi connectivity index (χ3v) is 3.09. The van der Waals surface area contributed by atoms with Gasteiger partial charge in [0.05, 0.1) is 5.75 Å². The molecule has 3 N–H and O–H groups in total. The second-order valence-electron chi connectivity index (χ2n) is 3.27. The van der Waals surface area contributed by atoms with Crippen LogP contribution in [-0.4, -0.2) is 26.8 Å². The Kier molecular flexibility index (Phi) is 4.92. The molecule has 7 heteroatoms. The highest BCUT2D eigenvalue weighted by atomic mass is 32.2. The molecule has 1 rings (SSSR count). The lowest BCUT2D eigenvalue weighted by atomic mass is 10.2. The van der Waals surface area contributed by atoms with Gasteiger partial charge in [-0.05, 0) is 5.56 Å². The van der Waals surface area contributed by atoms with Crippen LogP contribution in [-0.2, 0) is 21.4 Å². The van der Waals surface area contributed by atoms with Crippen molar-refractivity contribution in [2.24, 2.45) is 5.73 Å². The largest absolute Gasteiger partial charge is 0.444 e. The number of amides is 1. The Morgan fingerprint density at radius 3 is 2.53 bits per heavy atom. The summed E-state index contributed by atoms with van der Waals surface area (Å²) in [6, 6.07) is 8.95. The molecule has 17 heavy (non-hydrogen) atoms. The second kappa shape index (κ2) is 6.21. The van der Waals surface area contributed by atoms with Gasteiger partial charge in [-0.2, -0.15) is 0 Å². The first kappa shape index (κ1) is 13.5. The molecule has 0 spiro atoms. The number of ether oxygens (including phenoxy) is 1. The average molecular weight is 258 g/mol. The number of hydrogen-bond donors (Lipinski definition) is 2. The number of nitrogens with one attached hydrogen (secondary N) is 1. The Morgan fingerprint density at radius 2 is 1.94 bits per heavy atom. The molecule has 94 valence electrons. The molecule has 0 unspecified atom stereocenters. The summed E-state index contributed by atoms with van der Waals surface area (Å²) in [6.07, 6.45) is -0.998. The molecule has 0 aromatic heterocycles. The molecule has 0 saturated heterocycles. The van der Waals surface area contributed by atoms with E-state index in [1.165, 1.54) is 0 Å². The molecule has 6 nitrogen and oxygen atoms in total. The van der Waals surface area contributed by atoms with Gasteiger partial charge in [-0.15, -0.1) is 0 Å². The van der Waals surface area contributed by atoms with Crippen LogP contribution < -0.4 is 10.5 Å². The van der Waals surface area contributed by atoms with Gasteiger partial charge < -0.3 is 10.5 Å². The van der Waals surface area contributed by atoms with Crippen molar-refractivity contribution in [3.05, 3.63) is 35.9 Å². The first-order valence-electron chi connectivity index (χ1n) is 4.95. The summed E-state index contributed by atoms with van der Waals surface area (Å²) in [5, 5.41) is 0. The fraction of sp³-hybridized carbons (Fsp3) is 0.300. The molecule has 0 bridgehead atoms. The minimum atomic E-state index is -3.68. The predicted molar refractivity (Wildman–Crippen MR) is 62.6 cm³/mol. The van der Waals surface area contributed by atoms with E-state index in [2.05, 4.69) is 0 Å². The van der Waals surface area contributed by atoms with E-state index in [4.69, 9.17) is 10.5 Å². The number of nitrogens with two attached hydrogens (primary N) is 1. The molecular formula is C10H14N2O4S. The Morgan fingerprint density at radius 1 is 1.29 bits per heavy atom. The fourth-order valence-corrected chi connectivity index (χ4v) is 1.81. The number of sulfonamides is 1. The molecule has 1 aromatic rings. The molecule has 0 aliphatic carbocycles. The minimum Gasteiger partial charge on any atom is -0.444 e. The van der Waals surface area contributed by atoms with Crippen LogP contribution in [0.25, 0.3) is 0 Å². The molecule has 1 amide bonds. The molecule has 0 fully saturated rings. The molecule has 0 heterocycles. The van der Waals surface area contributed by atoms with Gasteiger partial charge in [-0.1, -0.05) is 30.3 Å². The second-order valence-corrected chi connectivity index (χ2v) is 5.11. The zero-order chi connectivity index (χ0) is 12.7. The lowest BCUT2D eigenvalue weighted by Gasteiger charge is -2.07. The summed E-state index contributed by atoms with van der Waals surface area (Å²) in [7, 11) is -3.68. The molecule has 0 aliphatic rings. The van der Waals surface area contributed by atoms with Crippen LogP contribution in [0.4, 0.5) is 4.79 Å². The van der Waals surface area contributed by atoms with Gasteiger partial charge in [0, 0.05) is 6.54 Å². The third kappa shape index (κ3) is 5.32. The normalized spacial score (nSPS) is 10.9.